The van der Waals surface area contributed by atoms with Crippen molar-refractivity contribution >= 4 is 105 Å². The number of thioether (sulfide) groups is 5. The smallest absolute Gasteiger partial charge is 0.148 e. The average molecular weight is 1240 g/mol. The molecule has 0 amide bonds. The van der Waals surface area contributed by atoms with Gasteiger partial charge in [-0.1, -0.05) is 13.8 Å². The van der Waals surface area contributed by atoms with E-state index in [0.717, 1.165) is 62.0 Å². The van der Waals surface area contributed by atoms with E-state index in [1.54, 1.807) is 55.4 Å². The molecule has 8 aliphatic heterocycles. The number of ketones is 8. The summed E-state index contributed by atoms with van der Waals surface area (Å²) in [6.07, 6.45) is 6.83. The third kappa shape index (κ3) is 25.6. The maximum absolute atomic E-state index is 11.4. The van der Waals surface area contributed by atoms with Crippen LogP contribution in [0, 0.1) is 0 Å². The quantitative estimate of drug-likeness (QED) is 0.227. The maximum Gasteiger partial charge on any atom is 0.148 e. The Morgan fingerprint density at radius 3 is 0.815 bits per heavy atom. The highest BCUT2D eigenvalue weighted by Gasteiger charge is 2.47. The molecule has 81 heavy (non-hydrogen) atoms. The van der Waals surface area contributed by atoms with Crippen LogP contribution in [0.25, 0.3) is 0 Å². The fraction of sp³-hybridized carbons (Fsp3) is 0.867. The van der Waals surface area contributed by atoms with Gasteiger partial charge in [-0.25, -0.2) is 0 Å². The summed E-state index contributed by atoms with van der Waals surface area (Å²) < 4.78 is 0.139. The summed E-state index contributed by atoms with van der Waals surface area (Å²) in [5.41, 5.74) is 0. The van der Waals surface area contributed by atoms with Crippen LogP contribution in [0.4, 0.5) is 0 Å². The lowest BCUT2D eigenvalue weighted by Gasteiger charge is -2.35. The van der Waals surface area contributed by atoms with Gasteiger partial charge in [-0.15, -0.1) is 58.8 Å². The van der Waals surface area contributed by atoms with E-state index < -0.39 is 0 Å². The fourth-order valence-electron chi connectivity index (χ4n) is 11.4. The molecule has 21 heteroatoms. The summed E-state index contributed by atoms with van der Waals surface area (Å²) in [4.78, 5) is 105. The maximum atomic E-state index is 11.4. The lowest BCUT2D eigenvalue weighted by atomic mass is 9.99. The van der Waals surface area contributed by atoms with Gasteiger partial charge in [0.2, 0.25) is 0 Å². The normalized spacial score (nSPS) is 31.9. The molecule has 8 rings (SSSR count). The number of carbonyl (C=O) groups excluding carboxylic acids is 8. The molecular formula is C60H114N8O8S5. The molecule has 0 bridgehead atoms. The number of likely N-dealkylation sites (tertiary alicyclic amines) is 3. The van der Waals surface area contributed by atoms with Crippen molar-refractivity contribution in [2.24, 2.45) is 0 Å². The van der Waals surface area contributed by atoms with Crippen molar-refractivity contribution in [2.75, 3.05) is 99.2 Å². The third-order valence-electron chi connectivity index (χ3n) is 16.6. The molecule has 0 spiro atoms. The van der Waals surface area contributed by atoms with E-state index in [-0.39, 0.29) is 76.8 Å². The summed E-state index contributed by atoms with van der Waals surface area (Å²) in [6, 6.07) is 1.37. The fourth-order valence-corrected chi connectivity index (χ4v) is 18.5. The standard InChI is InChI=1S/2C9H17NOS.C8H15NO.2C7H13NOS.C7H13NO.C6H11NOS.C6H11NO.CH4/c2*1-6(11)8-9(3,4)12-7(2)10(8)5;1-7(10)8-5-3-4-6-9(8)2;2*1-5(9)7-4-10-6(2)8(7)3;1-6(9)7-4-3-5-8(7)2;1-5(8)6-3-9-4-7(6)2;1-5(8)6-3-4-7(6)2;/h2*7-8H,1-5H3;8H,3-6H2,1-2H3;2*6-7H,4H2,1-3H3;7H,3-5H2,1-2H3;6H,3-4H2,1-2H3;6H,3-4H2,1-2H3;1H4/t2*7?,8-;8-;2*6?,7-;7-;2*6-;/m11000000./s1. The zero-order valence-corrected chi connectivity index (χ0v) is 58.1. The zero-order chi connectivity index (χ0) is 61.9. The van der Waals surface area contributed by atoms with Gasteiger partial charge >= 0.3 is 0 Å². The second-order valence-electron chi connectivity index (χ2n) is 24.1. The Labute approximate surface area is 514 Å². The number of nitrogens with zero attached hydrogens (tertiary/aromatic N) is 8. The molecule has 12 atom stereocenters. The molecule has 8 saturated heterocycles. The van der Waals surface area contributed by atoms with Crippen molar-refractivity contribution in [3.63, 3.8) is 0 Å². The second kappa shape index (κ2) is 37.5. The minimum absolute atomic E-state index is 0. The van der Waals surface area contributed by atoms with Gasteiger partial charge in [0.15, 0.2) is 0 Å². The van der Waals surface area contributed by atoms with E-state index >= 15 is 0 Å². The largest absolute Gasteiger partial charge is 0.298 e. The Bertz CT molecular complexity index is 1890. The van der Waals surface area contributed by atoms with Crippen molar-refractivity contribution in [1.82, 2.24) is 39.2 Å². The van der Waals surface area contributed by atoms with E-state index in [4.69, 9.17) is 0 Å². The Kier molecular flexibility index (Phi) is 36.9. The van der Waals surface area contributed by atoms with Crippen LogP contribution in [0.2, 0.25) is 0 Å². The van der Waals surface area contributed by atoms with Crippen LogP contribution in [0.3, 0.4) is 0 Å². The zero-order valence-electron chi connectivity index (χ0n) is 54.0. The number of rotatable bonds is 8. The molecule has 0 aromatic rings. The predicted octanol–water partition coefficient (Wildman–Crippen LogP) is 8.66. The van der Waals surface area contributed by atoms with Crippen molar-refractivity contribution in [2.45, 2.75) is 236 Å². The number of carbonyl (C=O) groups is 8. The molecule has 8 aliphatic rings. The molecule has 4 unspecified atom stereocenters. The number of hydrogen-bond donors (Lipinski definition) is 0. The van der Waals surface area contributed by atoms with Crippen LogP contribution >= 0.6 is 58.8 Å². The molecule has 472 valence electrons. The van der Waals surface area contributed by atoms with E-state index in [1.165, 1.54) is 19.3 Å². The third-order valence-corrected chi connectivity index (χ3v) is 23.4. The summed E-state index contributed by atoms with van der Waals surface area (Å²) in [6.45, 7) is 33.8. The van der Waals surface area contributed by atoms with Crippen LogP contribution in [0.15, 0.2) is 0 Å². The van der Waals surface area contributed by atoms with Gasteiger partial charge < -0.3 is 0 Å². The first kappa shape index (κ1) is 79.8. The Balaban J connectivity index is 0.000000904. The van der Waals surface area contributed by atoms with Gasteiger partial charge in [0.1, 0.15) is 46.3 Å². The van der Waals surface area contributed by atoms with Crippen LogP contribution in [0.5, 0.6) is 0 Å². The summed E-state index contributed by atoms with van der Waals surface area (Å²) >= 11 is 9.26. The summed E-state index contributed by atoms with van der Waals surface area (Å²) in [5, 5.41) is 1.92. The van der Waals surface area contributed by atoms with Gasteiger partial charge in [-0.05, 0) is 212 Å². The number of piperidine rings is 1. The molecule has 0 aromatic carbocycles. The van der Waals surface area contributed by atoms with Gasteiger partial charge in [0, 0.05) is 39.2 Å². The molecule has 8 heterocycles. The monoisotopic (exact) mass is 1230 g/mol. The van der Waals surface area contributed by atoms with Gasteiger partial charge in [0.25, 0.3) is 0 Å². The number of hydrogen-bond acceptors (Lipinski definition) is 21. The van der Waals surface area contributed by atoms with E-state index in [9.17, 15) is 38.4 Å². The first-order chi connectivity index (χ1) is 36.8. The lowest BCUT2D eigenvalue weighted by molar-refractivity contribution is -0.125. The number of likely N-dealkylation sites (N-methyl/N-ethyl adjacent to an activating group) is 8. The van der Waals surface area contributed by atoms with Crippen molar-refractivity contribution in [3.8, 4) is 0 Å². The van der Waals surface area contributed by atoms with E-state index in [2.05, 4.69) is 94.6 Å². The van der Waals surface area contributed by atoms with Gasteiger partial charge in [-0.3, -0.25) is 77.6 Å². The first-order valence-corrected chi connectivity index (χ1v) is 33.7. The van der Waals surface area contributed by atoms with Crippen molar-refractivity contribution in [3.05, 3.63) is 0 Å². The van der Waals surface area contributed by atoms with Crippen LogP contribution in [-0.2, 0) is 38.4 Å². The lowest BCUT2D eigenvalue weighted by Crippen LogP contribution is -2.48. The summed E-state index contributed by atoms with van der Waals surface area (Å²) in [7, 11) is 16.1. The molecule has 0 aliphatic carbocycles. The highest BCUT2D eigenvalue weighted by molar-refractivity contribution is 8.02. The topological polar surface area (TPSA) is 162 Å². The second-order valence-corrected chi connectivity index (χ2v) is 31.7. The highest BCUT2D eigenvalue weighted by atomic mass is 32.2. The van der Waals surface area contributed by atoms with Crippen LogP contribution in [0.1, 0.15) is 157 Å². The van der Waals surface area contributed by atoms with Crippen molar-refractivity contribution < 1.29 is 38.4 Å². The number of Topliss-reactive ketones (excluding diaryl/α,β-unsaturated/α-hetero) is 8. The van der Waals surface area contributed by atoms with E-state index in [0.29, 0.717) is 56.2 Å². The molecule has 0 radical (unpaired) electrons. The molecule has 0 saturated carbocycles. The molecule has 16 nitrogen and oxygen atoms in total. The van der Waals surface area contributed by atoms with Gasteiger partial charge in [-0.2, -0.15) is 0 Å². The molecule has 8 fully saturated rings. The van der Waals surface area contributed by atoms with Crippen molar-refractivity contribution in [1.29, 1.82) is 0 Å². The first-order valence-electron chi connectivity index (χ1n) is 28.7. The minimum atomic E-state index is 0. The van der Waals surface area contributed by atoms with Crippen LogP contribution in [-0.4, -0.2) is 264 Å². The predicted molar refractivity (Wildman–Crippen MR) is 350 cm³/mol. The van der Waals surface area contributed by atoms with Crippen LogP contribution < -0.4 is 0 Å². The SMILES string of the molecule is C.CC(=O)[C@@H]1CCCCN1C.CC(=O)[C@@H]1CCCN1C.CC(=O)[C@@H]1CCN1C.CC(=O)[C@@H]1CSC(C)N1C.CC(=O)[C@@H]1CSC(C)N1C.CC(=O)[C@@H]1CSCN1C.CC(=O)[C@H]1N(C)C(C)SC1(C)C.CC(=O)[C@H]1N(C)C(C)SC1(C)C. The highest BCUT2D eigenvalue weighted by Crippen LogP contribution is 2.44. The van der Waals surface area contributed by atoms with Gasteiger partial charge in [0.05, 0.1) is 69.8 Å². The molecule has 0 aromatic heterocycles. The van der Waals surface area contributed by atoms with E-state index in [1.807, 2.05) is 115 Å². The minimum Gasteiger partial charge on any atom is -0.298 e. The Hall–Kier alpha value is -1.21. The average Bonchev–Trinajstić information content (AvgIpc) is 4.18. The summed E-state index contributed by atoms with van der Waals surface area (Å²) in [5.74, 6) is 6.28. The Morgan fingerprint density at radius 1 is 0.358 bits per heavy atom. The Morgan fingerprint density at radius 2 is 0.679 bits per heavy atom. The molecule has 0 N–H and O–H groups in total. The molecular weight excluding hydrogens is 1120 g/mol.